The van der Waals surface area contributed by atoms with Gasteiger partial charge in [0.15, 0.2) is 0 Å². The number of fused-ring (bicyclic) bond motifs is 2. The molecule has 0 spiro atoms. The zero-order valence-corrected chi connectivity index (χ0v) is 26.4. The fourth-order valence-corrected chi connectivity index (χ4v) is 6.48. The Balaban J connectivity index is 1.39. The second kappa shape index (κ2) is 10.6. The first kappa shape index (κ1) is 28.1. The molecule has 0 radical (unpaired) electrons. The van der Waals surface area contributed by atoms with Crippen LogP contribution in [0.4, 0.5) is 0 Å². The van der Waals surface area contributed by atoms with Gasteiger partial charge in [-0.1, -0.05) is 66.7 Å². The van der Waals surface area contributed by atoms with Gasteiger partial charge in [-0.05, 0) is 89.7 Å². The smallest absolute Gasteiger partial charge is 0.218 e. The predicted molar refractivity (Wildman–Crippen MR) is 186 cm³/mol. The first-order valence-electron chi connectivity index (χ1n) is 15.7. The Hall–Kier alpha value is -5.36. The van der Waals surface area contributed by atoms with Crippen LogP contribution in [-0.2, 0) is 9.47 Å². The van der Waals surface area contributed by atoms with Gasteiger partial charge in [0.05, 0.1) is 24.2 Å². The molecule has 0 saturated heterocycles. The summed E-state index contributed by atoms with van der Waals surface area (Å²) in [6, 6.07) is 30.2. The van der Waals surface area contributed by atoms with Crippen molar-refractivity contribution in [3.63, 3.8) is 0 Å². The average molecular weight is 603 g/mol. The highest BCUT2D eigenvalue weighted by Crippen LogP contribution is 2.45. The number of nitrogens with zero attached hydrogens (tertiary/aromatic N) is 4. The number of pyridine rings is 2. The Kier molecular flexibility index (Phi) is 6.50. The Morgan fingerprint density at radius 1 is 0.457 bits per heavy atom. The Bertz CT molecular complexity index is 2220. The van der Waals surface area contributed by atoms with Crippen LogP contribution < -0.4 is 0 Å². The van der Waals surface area contributed by atoms with Gasteiger partial charge in [-0.15, -0.1) is 0 Å². The number of benzene rings is 4. The minimum Gasteiger partial charge on any atom is -0.469 e. The standard InChI is InChI=1S/C40H34N4O2/c1-39(2)23-43-37(45-39)29-16-27(19-41-21-29)35-31-12-8-9-13-32(31)36(28-17-30(22-42-20-28)38-44-24-40(3,4)46-38)34-18-26(14-15-33(34)35)25-10-6-5-7-11-25/h5-22H,23-24H2,1-4H3. The van der Waals surface area contributed by atoms with Gasteiger partial charge in [-0.2, -0.15) is 0 Å². The molecule has 46 heavy (non-hydrogen) atoms. The maximum atomic E-state index is 6.20. The molecule has 0 N–H and O–H groups in total. The van der Waals surface area contributed by atoms with Crippen LogP contribution >= 0.6 is 0 Å². The normalized spacial score (nSPS) is 16.6. The summed E-state index contributed by atoms with van der Waals surface area (Å²) in [5, 5.41) is 4.52. The summed E-state index contributed by atoms with van der Waals surface area (Å²) in [5.74, 6) is 1.27. The number of hydrogen-bond acceptors (Lipinski definition) is 6. The molecule has 4 aromatic carbocycles. The summed E-state index contributed by atoms with van der Waals surface area (Å²) < 4.78 is 12.4. The molecule has 0 aliphatic carbocycles. The lowest BCUT2D eigenvalue weighted by atomic mass is 9.85. The van der Waals surface area contributed by atoms with E-state index in [0.717, 1.165) is 66.1 Å². The van der Waals surface area contributed by atoms with E-state index in [1.54, 1.807) is 0 Å². The Morgan fingerprint density at radius 2 is 0.935 bits per heavy atom. The van der Waals surface area contributed by atoms with Crippen LogP contribution in [-0.4, -0.2) is 46.1 Å². The minimum atomic E-state index is -0.329. The molecule has 8 rings (SSSR count). The summed E-state index contributed by atoms with van der Waals surface area (Å²) in [6.07, 6.45) is 7.56. The van der Waals surface area contributed by atoms with Crippen molar-refractivity contribution in [2.75, 3.05) is 13.1 Å². The van der Waals surface area contributed by atoms with Crippen molar-refractivity contribution >= 4 is 33.3 Å². The molecular formula is C40H34N4O2. The van der Waals surface area contributed by atoms with E-state index in [1.165, 1.54) is 0 Å². The third kappa shape index (κ3) is 5.00. The summed E-state index contributed by atoms with van der Waals surface area (Å²) in [6.45, 7) is 9.47. The summed E-state index contributed by atoms with van der Waals surface area (Å²) in [5.41, 5.74) is 7.67. The van der Waals surface area contributed by atoms with Crippen molar-refractivity contribution in [1.82, 2.24) is 9.97 Å². The molecule has 0 fully saturated rings. The van der Waals surface area contributed by atoms with Crippen LogP contribution in [0.2, 0.25) is 0 Å². The number of rotatable bonds is 5. The fraction of sp³-hybridized carbons (Fsp3) is 0.200. The molecule has 0 amide bonds. The van der Waals surface area contributed by atoms with E-state index in [-0.39, 0.29) is 11.2 Å². The van der Waals surface area contributed by atoms with E-state index >= 15 is 0 Å². The number of hydrogen-bond donors (Lipinski definition) is 0. The lowest BCUT2D eigenvalue weighted by Crippen LogP contribution is -2.24. The molecule has 6 heteroatoms. The third-order valence-corrected chi connectivity index (χ3v) is 8.63. The third-order valence-electron chi connectivity index (χ3n) is 8.63. The van der Waals surface area contributed by atoms with Gasteiger partial charge in [0, 0.05) is 35.9 Å². The molecule has 4 heterocycles. The number of ether oxygens (including phenoxy) is 2. The van der Waals surface area contributed by atoms with E-state index in [0.29, 0.717) is 24.9 Å². The van der Waals surface area contributed by atoms with E-state index < -0.39 is 0 Å². The van der Waals surface area contributed by atoms with Gasteiger partial charge in [0.2, 0.25) is 11.8 Å². The summed E-state index contributed by atoms with van der Waals surface area (Å²) >= 11 is 0. The average Bonchev–Trinajstić information content (AvgIpc) is 3.64. The van der Waals surface area contributed by atoms with Gasteiger partial charge >= 0.3 is 0 Å². The molecule has 0 saturated carbocycles. The van der Waals surface area contributed by atoms with Crippen molar-refractivity contribution in [3.05, 3.63) is 121 Å². The highest BCUT2D eigenvalue weighted by Gasteiger charge is 2.30. The maximum absolute atomic E-state index is 6.20. The monoisotopic (exact) mass is 602 g/mol. The first-order chi connectivity index (χ1) is 22.2. The van der Waals surface area contributed by atoms with Crippen LogP contribution in [0.1, 0.15) is 38.8 Å². The second-order valence-electron chi connectivity index (χ2n) is 13.3. The van der Waals surface area contributed by atoms with E-state index in [1.807, 2.05) is 30.9 Å². The molecule has 6 nitrogen and oxygen atoms in total. The molecule has 6 aromatic rings. The van der Waals surface area contributed by atoms with Crippen molar-refractivity contribution in [2.24, 2.45) is 9.98 Å². The lowest BCUT2D eigenvalue weighted by Gasteiger charge is -2.20. The van der Waals surface area contributed by atoms with Crippen LogP contribution in [0, 0.1) is 0 Å². The highest BCUT2D eigenvalue weighted by atomic mass is 16.5. The number of aromatic nitrogens is 2. The van der Waals surface area contributed by atoms with E-state index in [9.17, 15) is 0 Å². The van der Waals surface area contributed by atoms with Gasteiger partial charge < -0.3 is 9.47 Å². The van der Waals surface area contributed by atoms with Crippen molar-refractivity contribution in [2.45, 2.75) is 38.9 Å². The molecule has 2 aliphatic heterocycles. The summed E-state index contributed by atoms with van der Waals surface area (Å²) in [4.78, 5) is 18.8. The van der Waals surface area contributed by atoms with Gasteiger partial charge in [0.1, 0.15) is 11.2 Å². The van der Waals surface area contributed by atoms with E-state index in [4.69, 9.17) is 24.4 Å². The van der Waals surface area contributed by atoms with Gasteiger partial charge in [-0.3, -0.25) is 9.97 Å². The maximum Gasteiger partial charge on any atom is 0.218 e. The van der Waals surface area contributed by atoms with Crippen molar-refractivity contribution < 1.29 is 9.47 Å². The largest absolute Gasteiger partial charge is 0.469 e. The number of aliphatic imine (C=N–C) groups is 2. The topological polar surface area (TPSA) is 69.0 Å². The summed E-state index contributed by atoms with van der Waals surface area (Å²) in [7, 11) is 0. The molecule has 226 valence electrons. The van der Waals surface area contributed by atoms with Crippen LogP contribution in [0.5, 0.6) is 0 Å². The fourth-order valence-electron chi connectivity index (χ4n) is 6.48. The molecule has 2 aromatic heterocycles. The highest BCUT2D eigenvalue weighted by molar-refractivity contribution is 6.22. The quantitative estimate of drug-likeness (QED) is 0.185. The molecule has 0 unspecified atom stereocenters. The lowest BCUT2D eigenvalue weighted by molar-refractivity contribution is 0.131. The second-order valence-corrected chi connectivity index (χ2v) is 13.3. The van der Waals surface area contributed by atoms with E-state index in [2.05, 4.69) is 112 Å². The zero-order chi connectivity index (χ0) is 31.5. The first-order valence-corrected chi connectivity index (χ1v) is 15.7. The molecule has 0 bridgehead atoms. The van der Waals surface area contributed by atoms with Crippen LogP contribution in [0.25, 0.3) is 54.9 Å². The Morgan fingerprint density at radius 3 is 1.46 bits per heavy atom. The van der Waals surface area contributed by atoms with Crippen LogP contribution in [0.15, 0.2) is 120 Å². The Labute approximate surface area is 268 Å². The SMILES string of the molecule is CC1(C)CN=C(c2cncc(-c3c4ccccc4c(-c4cncc(C5=NCC(C)(C)O5)c4)c4cc(-c5ccccc5)ccc34)c2)O1. The van der Waals surface area contributed by atoms with Crippen molar-refractivity contribution in [3.8, 4) is 33.4 Å². The van der Waals surface area contributed by atoms with Crippen molar-refractivity contribution in [1.29, 1.82) is 0 Å². The molecular weight excluding hydrogens is 568 g/mol. The van der Waals surface area contributed by atoms with Gasteiger partial charge in [-0.25, -0.2) is 9.98 Å². The molecule has 2 aliphatic rings. The zero-order valence-electron chi connectivity index (χ0n) is 26.4. The molecule has 0 atom stereocenters. The minimum absolute atomic E-state index is 0.326. The van der Waals surface area contributed by atoms with Crippen LogP contribution in [0.3, 0.4) is 0 Å². The predicted octanol–water partition coefficient (Wildman–Crippen LogP) is 8.89. The van der Waals surface area contributed by atoms with Gasteiger partial charge in [0.25, 0.3) is 0 Å².